The highest BCUT2D eigenvalue weighted by Gasteiger charge is 2.40. The molecule has 3 heterocycles. The van der Waals surface area contributed by atoms with Crippen molar-refractivity contribution in [2.45, 2.75) is 56.4 Å². The lowest BCUT2D eigenvalue weighted by molar-refractivity contribution is 0.0868. The van der Waals surface area contributed by atoms with Gasteiger partial charge in [0, 0.05) is 25.7 Å². The molecule has 0 bridgehead atoms. The Balaban J connectivity index is 1.14. The Morgan fingerprint density at radius 3 is 2.46 bits per heavy atom. The van der Waals surface area contributed by atoms with Crippen LogP contribution < -0.4 is 5.76 Å². The maximum absolute atomic E-state index is 12.9. The minimum atomic E-state index is -3.77. The molecule has 2 aliphatic rings. The molecular formula is C26H31N3O5S. The van der Waals surface area contributed by atoms with Crippen LogP contribution in [0.4, 0.5) is 0 Å². The van der Waals surface area contributed by atoms with Gasteiger partial charge in [0.1, 0.15) is 4.90 Å². The number of hydrogen-bond donors (Lipinski definition) is 0. The van der Waals surface area contributed by atoms with E-state index in [1.165, 1.54) is 0 Å². The Bertz CT molecular complexity index is 1410. The Hall–Kier alpha value is -2.91. The largest absolute Gasteiger partial charge is 0.420 e. The minimum absolute atomic E-state index is 0.115. The SMILES string of the molecule is CC(C)c1ccc2c(c1)C(=O)N(CCCCN1CCC(n3c(=O)oc4ccccc43)CC1)S2(=O)=O. The van der Waals surface area contributed by atoms with Crippen molar-refractivity contribution < 1.29 is 17.6 Å². The number of likely N-dealkylation sites (tertiary alicyclic amines) is 1. The van der Waals surface area contributed by atoms with E-state index in [0.717, 1.165) is 54.3 Å². The average molecular weight is 498 g/mol. The number of piperidine rings is 1. The molecule has 1 amide bonds. The zero-order valence-corrected chi connectivity index (χ0v) is 21.0. The second kappa shape index (κ2) is 9.28. The summed E-state index contributed by atoms with van der Waals surface area (Å²) in [5.41, 5.74) is 2.71. The Morgan fingerprint density at radius 1 is 1.00 bits per heavy atom. The second-order valence-electron chi connectivity index (χ2n) is 9.78. The van der Waals surface area contributed by atoms with Gasteiger partial charge in [-0.15, -0.1) is 0 Å². The number of benzene rings is 2. The number of aromatic nitrogens is 1. The number of fused-ring (bicyclic) bond motifs is 2. The van der Waals surface area contributed by atoms with Crippen LogP contribution in [0.1, 0.15) is 67.4 Å². The van der Waals surface area contributed by atoms with Gasteiger partial charge in [0.2, 0.25) is 0 Å². The molecule has 8 nitrogen and oxygen atoms in total. The third-order valence-electron chi connectivity index (χ3n) is 7.22. The molecule has 0 atom stereocenters. The highest BCUT2D eigenvalue weighted by molar-refractivity contribution is 7.90. The van der Waals surface area contributed by atoms with E-state index in [1.54, 1.807) is 22.8 Å². The Kier molecular flexibility index (Phi) is 6.31. The van der Waals surface area contributed by atoms with E-state index in [9.17, 15) is 18.0 Å². The highest BCUT2D eigenvalue weighted by Crippen LogP contribution is 2.33. The Labute approximate surface area is 205 Å². The van der Waals surface area contributed by atoms with Crippen LogP contribution in [-0.2, 0) is 10.0 Å². The van der Waals surface area contributed by atoms with E-state index in [-0.39, 0.29) is 29.2 Å². The molecule has 2 aromatic carbocycles. The van der Waals surface area contributed by atoms with E-state index in [4.69, 9.17) is 4.42 Å². The molecule has 0 N–H and O–H groups in total. The van der Waals surface area contributed by atoms with E-state index < -0.39 is 15.9 Å². The third-order valence-corrected chi connectivity index (χ3v) is 9.06. The number of sulfonamides is 1. The van der Waals surface area contributed by atoms with E-state index in [2.05, 4.69) is 4.90 Å². The van der Waals surface area contributed by atoms with Crippen LogP contribution in [0.15, 0.2) is 56.6 Å². The van der Waals surface area contributed by atoms with E-state index >= 15 is 0 Å². The number of rotatable bonds is 7. The molecule has 9 heteroatoms. The predicted octanol–water partition coefficient (Wildman–Crippen LogP) is 3.98. The number of hydrogen-bond acceptors (Lipinski definition) is 6. The van der Waals surface area contributed by atoms with Crippen molar-refractivity contribution in [2.75, 3.05) is 26.2 Å². The number of carbonyl (C=O) groups is 1. The van der Waals surface area contributed by atoms with Gasteiger partial charge < -0.3 is 9.32 Å². The first-order valence-corrected chi connectivity index (χ1v) is 13.7. The molecule has 2 aliphatic heterocycles. The fourth-order valence-corrected chi connectivity index (χ4v) is 6.79. The summed E-state index contributed by atoms with van der Waals surface area (Å²) >= 11 is 0. The van der Waals surface area contributed by atoms with Crippen molar-refractivity contribution in [3.63, 3.8) is 0 Å². The molecule has 1 aromatic heterocycles. The number of nitrogens with zero attached hydrogens (tertiary/aromatic N) is 3. The molecule has 0 unspecified atom stereocenters. The molecular weight excluding hydrogens is 466 g/mol. The first-order valence-electron chi connectivity index (χ1n) is 12.3. The van der Waals surface area contributed by atoms with Crippen LogP contribution in [0.2, 0.25) is 0 Å². The van der Waals surface area contributed by atoms with Gasteiger partial charge in [-0.05, 0) is 68.0 Å². The number of unbranched alkanes of at least 4 members (excludes halogenated alkanes) is 1. The van der Waals surface area contributed by atoms with Gasteiger partial charge in [0.25, 0.3) is 15.9 Å². The lowest BCUT2D eigenvalue weighted by Crippen LogP contribution is -2.37. The van der Waals surface area contributed by atoms with Gasteiger partial charge in [-0.1, -0.05) is 32.0 Å². The summed E-state index contributed by atoms with van der Waals surface area (Å²) in [6.45, 7) is 6.79. The van der Waals surface area contributed by atoms with Crippen LogP contribution in [0.3, 0.4) is 0 Å². The molecule has 0 aliphatic carbocycles. The quantitative estimate of drug-likeness (QED) is 0.459. The third kappa shape index (κ3) is 4.31. The van der Waals surface area contributed by atoms with Gasteiger partial charge >= 0.3 is 5.76 Å². The van der Waals surface area contributed by atoms with Crippen molar-refractivity contribution in [3.8, 4) is 0 Å². The van der Waals surface area contributed by atoms with Crippen molar-refractivity contribution >= 4 is 27.0 Å². The fourth-order valence-electron chi connectivity index (χ4n) is 5.20. The van der Waals surface area contributed by atoms with Crippen molar-refractivity contribution in [1.29, 1.82) is 0 Å². The van der Waals surface area contributed by atoms with Crippen molar-refractivity contribution in [1.82, 2.24) is 13.8 Å². The normalized spacial score (nSPS) is 18.6. The summed E-state index contributed by atoms with van der Waals surface area (Å²) in [6.07, 6.45) is 3.12. The minimum Gasteiger partial charge on any atom is -0.408 e. The zero-order valence-electron chi connectivity index (χ0n) is 20.1. The molecule has 5 rings (SSSR count). The smallest absolute Gasteiger partial charge is 0.408 e. The van der Waals surface area contributed by atoms with E-state index in [1.807, 2.05) is 38.1 Å². The highest BCUT2D eigenvalue weighted by atomic mass is 32.2. The van der Waals surface area contributed by atoms with Gasteiger partial charge in [0.05, 0.1) is 11.1 Å². The fraction of sp³-hybridized carbons (Fsp3) is 0.462. The maximum atomic E-state index is 12.9. The molecule has 3 aromatic rings. The predicted molar refractivity (Wildman–Crippen MR) is 133 cm³/mol. The molecule has 1 saturated heterocycles. The van der Waals surface area contributed by atoms with Crippen LogP contribution in [0, 0.1) is 0 Å². The topological polar surface area (TPSA) is 92.8 Å². The number of para-hydroxylation sites is 2. The first-order chi connectivity index (χ1) is 16.8. The van der Waals surface area contributed by atoms with Crippen LogP contribution in [0.25, 0.3) is 11.1 Å². The zero-order chi connectivity index (χ0) is 24.7. The van der Waals surface area contributed by atoms with E-state index in [0.29, 0.717) is 17.6 Å². The molecule has 35 heavy (non-hydrogen) atoms. The van der Waals surface area contributed by atoms with Crippen LogP contribution >= 0.6 is 0 Å². The monoisotopic (exact) mass is 497 g/mol. The molecule has 186 valence electrons. The summed E-state index contributed by atoms with van der Waals surface area (Å²) in [6, 6.07) is 12.7. The number of oxazole rings is 1. The number of amides is 1. The molecule has 0 spiro atoms. The van der Waals surface area contributed by atoms with Gasteiger partial charge in [-0.3, -0.25) is 9.36 Å². The van der Waals surface area contributed by atoms with Crippen LogP contribution in [-0.4, -0.2) is 54.3 Å². The summed E-state index contributed by atoms with van der Waals surface area (Å²) < 4.78 is 34.0. The van der Waals surface area contributed by atoms with Crippen molar-refractivity contribution in [3.05, 3.63) is 64.1 Å². The van der Waals surface area contributed by atoms with Crippen molar-refractivity contribution in [2.24, 2.45) is 0 Å². The average Bonchev–Trinajstić information content (AvgIpc) is 3.27. The molecule has 0 saturated carbocycles. The standard InChI is InChI=1S/C26H31N3O5S/c1-18(2)19-9-10-24-21(17-19)25(30)28(35(24,32)33)14-6-5-13-27-15-11-20(12-16-27)29-22-7-3-4-8-23(22)34-26(29)31/h3-4,7-10,17-18,20H,5-6,11-16H2,1-2H3. The lowest BCUT2D eigenvalue weighted by atomic mass is 10.0. The number of carbonyl (C=O) groups excluding carboxylic acids is 1. The second-order valence-corrected chi connectivity index (χ2v) is 11.6. The summed E-state index contributed by atoms with van der Waals surface area (Å²) in [4.78, 5) is 27.7. The summed E-state index contributed by atoms with van der Waals surface area (Å²) in [5.74, 6) is -0.497. The lowest BCUT2D eigenvalue weighted by Gasteiger charge is -2.32. The maximum Gasteiger partial charge on any atom is 0.420 e. The summed E-state index contributed by atoms with van der Waals surface area (Å²) in [5, 5.41) is 0. The summed E-state index contributed by atoms with van der Waals surface area (Å²) in [7, 11) is -3.77. The van der Waals surface area contributed by atoms with Gasteiger partial charge in [-0.25, -0.2) is 17.5 Å². The first kappa shape index (κ1) is 23.8. The van der Waals surface area contributed by atoms with Gasteiger partial charge in [0.15, 0.2) is 5.58 Å². The molecule has 1 fully saturated rings. The van der Waals surface area contributed by atoms with Gasteiger partial charge in [-0.2, -0.15) is 0 Å². The van der Waals surface area contributed by atoms with Crippen LogP contribution in [0.5, 0.6) is 0 Å². The Morgan fingerprint density at radius 2 is 1.71 bits per heavy atom. The molecule has 0 radical (unpaired) electrons.